The number of carbonyl (C=O) groups is 1. The Bertz CT molecular complexity index is 1080. The van der Waals surface area contributed by atoms with Crippen molar-refractivity contribution < 1.29 is 50.0 Å². The van der Waals surface area contributed by atoms with Crippen molar-refractivity contribution in [2.24, 2.45) is 0 Å². The van der Waals surface area contributed by atoms with Crippen molar-refractivity contribution in [1.29, 1.82) is 0 Å². The van der Waals surface area contributed by atoms with Crippen LogP contribution in [0.2, 0.25) is 0 Å². The predicted molar refractivity (Wildman–Crippen MR) is 137 cm³/mol. The summed E-state index contributed by atoms with van der Waals surface area (Å²) in [6.07, 6.45) is -5.44. The lowest BCUT2D eigenvalue weighted by Crippen LogP contribution is -2.49. The molecule has 220 valence electrons. The Morgan fingerprint density at radius 1 is 0.725 bits per heavy atom. The zero-order chi connectivity index (χ0) is 28.6. The Balaban J connectivity index is 1.33. The van der Waals surface area contributed by atoms with Gasteiger partial charge in [0, 0.05) is 26.2 Å². The Labute approximate surface area is 233 Å². The molecule has 13 nitrogen and oxygen atoms in total. The van der Waals surface area contributed by atoms with E-state index in [-0.39, 0.29) is 22.9 Å². The Kier molecular flexibility index (Phi) is 10.7. The van der Waals surface area contributed by atoms with Crippen molar-refractivity contribution in [2.45, 2.75) is 12.7 Å². The third-order valence-electron chi connectivity index (χ3n) is 5.81. The number of Topliss-reactive ketones (excluding diaryl/α,β-unsaturated/α-hetero) is 1. The van der Waals surface area contributed by atoms with Gasteiger partial charge in [-0.2, -0.15) is 8.78 Å². The average molecular weight is 605 g/mol. The summed E-state index contributed by atoms with van der Waals surface area (Å²) >= 11 is -5.27. The van der Waals surface area contributed by atoms with Gasteiger partial charge >= 0.3 is 12.7 Å². The highest BCUT2D eigenvalue weighted by atomic mass is 32.2. The minimum Gasteiger partial charge on any atom is -0.754 e. The Hall–Kier alpha value is -2.77. The number of nitrogens with zero attached hydrogens (tertiary/aromatic N) is 4. The highest BCUT2D eigenvalue weighted by Crippen LogP contribution is 2.26. The quantitative estimate of drug-likeness (QED) is 0.320. The number of anilines is 2. The van der Waals surface area contributed by atoms with E-state index in [9.17, 15) is 31.1 Å². The number of halogens is 2. The SMILES string of the molecule is O=C(C(F)Oc1ccc(N(N2CCOCC2)S(=O)[O-])cc1)C(F)Oc1ccc(N(N2CCOCC2)S(=O)[O-])cc1. The number of morpholine rings is 2. The fourth-order valence-corrected chi connectivity index (χ4v) is 5.21. The van der Waals surface area contributed by atoms with Crippen LogP contribution in [0.3, 0.4) is 0 Å². The molecule has 0 aromatic heterocycles. The van der Waals surface area contributed by atoms with E-state index >= 15 is 0 Å². The number of hydrogen-bond donors (Lipinski definition) is 0. The van der Waals surface area contributed by atoms with Gasteiger partial charge < -0.3 is 28.1 Å². The van der Waals surface area contributed by atoms with Gasteiger partial charge in [-0.3, -0.25) is 13.2 Å². The Morgan fingerprint density at radius 3 is 1.35 bits per heavy atom. The smallest absolute Gasteiger partial charge is 0.303 e. The number of hydrogen-bond acceptors (Lipinski definition) is 11. The van der Waals surface area contributed by atoms with E-state index in [1.807, 2.05) is 0 Å². The summed E-state index contributed by atoms with van der Waals surface area (Å²) in [6, 6.07) is 10.3. The van der Waals surface area contributed by atoms with Gasteiger partial charge in [-0.1, -0.05) is 0 Å². The molecule has 17 heteroatoms. The van der Waals surface area contributed by atoms with Crippen molar-refractivity contribution in [1.82, 2.24) is 10.0 Å². The molecule has 2 aliphatic heterocycles. The topological polar surface area (TPSA) is 147 Å². The monoisotopic (exact) mass is 604 g/mol. The number of carbonyl (C=O) groups excluding carboxylic acids is 1. The van der Waals surface area contributed by atoms with Gasteiger partial charge in [0.05, 0.1) is 60.3 Å². The summed E-state index contributed by atoms with van der Waals surface area (Å²) < 4.78 is 98.2. The van der Waals surface area contributed by atoms with E-state index in [2.05, 4.69) is 0 Å². The van der Waals surface area contributed by atoms with Gasteiger partial charge in [-0.05, 0) is 48.5 Å². The minimum absolute atomic E-state index is 0.145. The third-order valence-corrected chi connectivity index (χ3v) is 7.26. The van der Waals surface area contributed by atoms with Crippen LogP contribution in [0, 0.1) is 0 Å². The fourth-order valence-electron chi connectivity index (χ4n) is 3.92. The normalized spacial score (nSPS) is 19.7. The molecular formula is C23H26F2N4O9S2-2. The van der Waals surface area contributed by atoms with Crippen LogP contribution < -0.4 is 18.3 Å². The van der Waals surface area contributed by atoms with Crippen molar-refractivity contribution in [2.75, 3.05) is 61.4 Å². The molecule has 2 heterocycles. The maximum atomic E-state index is 14.5. The van der Waals surface area contributed by atoms with Crippen LogP contribution >= 0.6 is 0 Å². The van der Waals surface area contributed by atoms with Gasteiger partial charge in [-0.25, -0.2) is 18.8 Å². The molecule has 0 bridgehead atoms. The molecule has 2 aromatic rings. The standard InChI is InChI=1S/C23H28F2N4O9S2/c24-22(37-19-5-1-17(2-6-19)28(39(31)32)26-9-13-35-14-10-26)21(30)23(25)38-20-7-3-18(4-8-20)29(40(33)34)27-11-15-36-16-12-27/h1-8,22-23H,9-16H2,(H,31,32)(H,33,34)/p-2. The highest BCUT2D eigenvalue weighted by molar-refractivity contribution is 7.80. The molecule has 2 fully saturated rings. The molecular weight excluding hydrogens is 578 g/mol. The molecule has 0 aliphatic carbocycles. The molecule has 0 radical (unpaired) electrons. The molecule has 0 amide bonds. The lowest BCUT2D eigenvalue weighted by atomic mass is 10.3. The van der Waals surface area contributed by atoms with Gasteiger partial charge in [0.15, 0.2) is 0 Å². The molecule has 0 N–H and O–H groups in total. The summed E-state index contributed by atoms with van der Waals surface area (Å²) in [5.74, 6) is -1.93. The summed E-state index contributed by atoms with van der Waals surface area (Å²) in [6.45, 7) is 2.79. The maximum Gasteiger partial charge on any atom is 0.303 e. The Morgan fingerprint density at radius 2 is 1.05 bits per heavy atom. The second kappa shape index (κ2) is 14.2. The largest absolute Gasteiger partial charge is 0.754 e. The molecule has 0 saturated carbocycles. The molecule has 40 heavy (non-hydrogen) atoms. The minimum atomic E-state index is -2.72. The van der Waals surface area contributed by atoms with E-state index in [4.69, 9.17) is 18.9 Å². The number of ether oxygens (including phenoxy) is 4. The first-order chi connectivity index (χ1) is 19.2. The van der Waals surface area contributed by atoms with Crippen LogP contribution in [0.1, 0.15) is 0 Å². The van der Waals surface area contributed by atoms with Crippen LogP contribution in [0.15, 0.2) is 48.5 Å². The summed E-state index contributed by atoms with van der Waals surface area (Å²) in [7, 11) is 0. The van der Waals surface area contributed by atoms with Crippen molar-refractivity contribution in [3.63, 3.8) is 0 Å². The first kappa shape index (κ1) is 30.2. The van der Waals surface area contributed by atoms with E-state index in [1.54, 1.807) is 10.0 Å². The van der Waals surface area contributed by atoms with Crippen molar-refractivity contribution >= 4 is 39.7 Å². The average Bonchev–Trinajstić information content (AvgIpc) is 2.95. The first-order valence-electron chi connectivity index (χ1n) is 12.0. The zero-order valence-corrected chi connectivity index (χ0v) is 22.6. The fraction of sp³-hybridized carbons (Fsp3) is 0.435. The van der Waals surface area contributed by atoms with Crippen LogP contribution in [0.4, 0.5) is 20.2 Å². The van der Waals surface area contributed by atoms with Crippen LogP contribution in [-0.4, -0.2) is 98.6 Å². The summed E-state index contributed by atoms with van der Waals surface area (Å²) in [4.78, 5) is 12.2. The van der Waals surface area contributed by atoms with E-state index in [0.717, 1.165) is 8.83 Å². The number of alkyl halides is 2. The lowest BCUT2D eigenvalue weighted by molar-refractivity contribution is -0.148. The second-order valence-electron chi connectivity index (χ2n) is 8.37. The molecule has 4 atom stereocenters. The van der Waals surface area contributed by atoms with Gasteiger partial charge in [0.25, 0.3) is 5.78 Å². The van der Waals surface area contributed by atoms with E-state index < -0.39 is 41.0 Å². The van der Waals surface area contributed by atoms with Gasteiger partial charge in [0.1, 0.15) is 11.5 Å². The maximum absolute atomic E-state index is 14.5. The van der Waals surface area contributed by atoms with E-state index in [1.165, 1.54) is 48.5 Å². The lowest BCUT2D eigenvalue weighted by Gasteiger charge is -2.39. The number of rotatable bonds is 12. The summed E-state index contributed by atoms with van der Waals surface area (Å²) in [5.41, 5.74) is 0.486. The number of ketones is 1. The number of hydrazine groups is 2. The van der Waals surface area contributed by atoms with E-state index in [0.29, 0.717) is 52.6 Å². The highest BCUT2D eigenvalue weighted by Gasteiger charge is 2.31. The molecule has 4 unspecified atom stereocenters. The van der Waals surface area contributed by atoms with Crippen LogP contribution in [0.5, 0.6) is 11.5 Å². The van der Waals surface area contributed by atoms with Crippen molar-refractivity contribution in [3.8, 4) is 11.5 Å². The second-order valence-corrected chi connectivity index (χ2v) is 9.93. The molecule has 2 aliphatic rings. The van der Waals surface area contributed by atoms with Gasteiger partial charge in [-0.15, -0.1) is 0 Å². The molecule has 4 rings (SSSR count). The third kappa shape index (κ3) is 7.70. The molecule has 2 aromatic carbocycles. The predicted octanol–water partition coefficient (Wildman–Crippen LogP) is 1.00. The van der Waals surface area contributed by atoms with Crippen LogP contribution in [-0.2, 0) is 36.8 Å². The van der Waals surface area contributed by atoms with Crippen molar-refractivity contribution in [3.05, 3.63) is 48.5 Å². The first-order valence-corrected chi connectivity index (χ1v) is 14.1. The summed E-state index contributed by atoms with van der Waals surface area (Å²) in [5, 5.41) is 3.11. The molecule has 0 spiro atoms. The zero-order valence-electron chi connectivity index (χ0n) is 21.0. The van der Waals surface area contributed by atoms with Crippen LogP contribution in [0.25, 0.3) is 0 Å². The molecule has 2 saturated heterocycles. The number of benzene rings is 2. The van der Waals surface area contributed by atoms with Gasteiger partial charge in [0.2, 0.25) is 0 Å².